The van der Waals surface area contributed by atoms with Gasteiger partial charge in [0.2, 0.25) is 21.8 Å². The summed E-state index contributed by atoms with van der Waals surface area (Å²) < 4.78 is 32.5. The molecule has 1 aliphatic heterocycles. The lowest BCUT2D eigenvalue weighted by molar-refractivity contribution is -0.119. The average Bonchev–Trinajstić information content (AvgIpc) is 3.50. The van der Waals surface area contributed by atoms with Gasteiger partial charge >= 0.3 is 0 Å². The number of ether oxygens (including phenoxy) is 1. The third-order valence-electron chi connectivity index (χ3n) is 5.54. The number of carbonyl (C=O) groups is 2. The van der Waals surface area contributed by atoms with Crippen LogP contribution in [0.5, 0.6) is 5.75 Å². The lowest BCUT2D eigenvalue weighted by Gasteiger charge is -2.23. The number of rotatable bonds is 7. The van der Waals surface area contributed by atoms with E-state index in [1.807, 2.05) is 0 Å². The van der Waals surface area contributed by atoms with Gasteiger partial charge in [-0.15, -0.1) is 0 Å². The predicted molar refractivity (Wildman–Crippen MR) is 116 cm³/mol. The summed E-state index contributed by atoms with van der Waals surface area (Å²) in [6.45, 7) is 0.290. The Hall–Kier alpha value is -2.91. The monoisotopic (exact) mass is 443 g/mol. The third-order valence-corrected chi connectivity index (χ3v) is 7.46. The highest BCUT2D eigenvalue weighted by Crippen LogP contribution is 2.31. The van der Waals surface area contributed by atoms with Crippen molar-refractivity contribution in [3.8, 4) is 5.75 Å². The van der Waals surface area contributed by atoms with E-state index in [4.69, 9.17) is 4.74 Å². The lowest BCUT2D eigenvalue weighted by atomic mass is 10.2. The van der Waals surface area contributed by atoms with E-state index < -0.39 is 16.1 Å². The van der Waals surface area contributed by atoms with Crippen LogP contribution in [-0.4, -0.2) is 44.2 Å². The normalized spacial score (nSPS) is 19.1. The number of hydrogen-bond acceptors (Lipinski definition) is 5. The predicted octanol–water partition coefficient (Wildman–Crippen LogP) is 2.84. The maximum Gasteiger partial charge on any atom is 0.243 e. The second-order valence-electron chi connectivity index (χ2n) is 7.78. The number of benzene rings is 2. The molecule has 0 bridgehead atoms. The second-order valence-corrected chi connectivity index (χ2v) is 9.67. The third kappa shape index (κ3) is 4.72. The topological polar surface area (TPSA) is 105 Å². The van der Waals surface area contributed by atoms with Crippen molar-refractivity contribution >= 4 is 33.2 Å². The molecule has 0 spiro atoms. The van der Waals surface area contributed by atoms with Crippen molar-refractivity contribution < 1.29 is 22.7 Å². The summed E-state index contributed by atoms with van der Waals surface area (Å²) in [5.41, 5.74) is 1.21. The Morgan fingerprint density at radius 3 is 2.03 bits per heavy atom. The Balaban J connectivity index is 1.43. The largest absolute Gasteiger partial charge is 0.497 e. The van der Waals surface area contributed by atoms with E-state index >= 15 is 0 Å². The molecule has 0 radical (unpaired) electrons. The molecule has 164 valence electrons. The number of nitrogens with one attached hydrogen (secondary N) is 2. The fraction of sp³-hybridized carbons (Fsp3) is 0.364. The smallest absolute Gasteiger partial charge is 0.243 e. The summed E-state index contributed by atoms with van der Waals surface area (Å²) in [4.78, 5) is 24.8. The number of nitrogens with zero attached hydrogens (tertiary/aromatic N) is 1. The minimum absolute atomic E-state index is 0.0159. The highest BCUT2D eigenvalue weighted by Gasteiger charge is 2.39. The molecule has 2 aromatic rings. The molecule has 8 nitrogen and oxygen atoms in total. The molecule has 31 heavy (non-hydrogen) atoms. The van der Waals surface area contributed by atoms with Crippen molar-refractivity contribution in [3.63, 3.8) is 0 Å². The van der Waals surface area contributed by atoms with Crippen molar-refractivity contribution in [3.05, 3.63) is 48.5 Å². The van der Waals surface area contributed by atoms with E-state index in [2.05, 4.69) is 10.6 Å². The fourth-order valence-electron chi connectivity index (χ4n) is 3.63. The molecule has 1 heterocycles. The zero-order valence-corrected chi connectivity index (χ0v) is 18.0. The molecular weight excluding hydrogens is 418 g/mol. The van der Waals surface area contributed by atoms with Gasteiger partial charge < -0.3 is 15.4 Å². The summed E-state index contributed by atoms with van der Waals surface area (Å²) in [5, 5.41) is 5.64. The number of methoxy groups -OCH3 is 1. The van der Waals surface area contributed by atoms with Gasteiger partial charge in [-0.25, -0.2) is 8.42 Å². The first-order valence-electron chi connectivity index (χ1n) is 10.3. The standard InChI is InChI=1S/C22H25N3O5S/c1-30-18-10-12-19(13-11-18)31(28,29)25-14-2-3-20(25)22(27)24-17-8-6-16(7-9-17)23-21(26)15-4-5-15/h6-13,15,20H,2-5,14H2,1H3,(H,23,26)(H,24,27)/t20-/m0/s1. The average molecular weight is 444 g/mol. The molecule has 1 atom stereocenters. The van der Waals surface area contributed by atoms with Crippen LogP contribution in [0.25, 0.3) is 0 Å². The van der Waals surface area contributed by atoms with Crippen LogP contribution >= 0.6 is 0 Å². The van der Waals surface area contributed by atoms with Crippen LogP contribution in [0.3, 0.4) is 0 Å². The Bertz CT molecular complexity index is 1060. The number of amides is 2. The minimum atomic E-state index is -3.80. The maximum absolute atomic E-state index is 13.1. The van der Waals surface area contributed by atoms with Gasteiger partial charge in [-0.1, -0.05) is 0 Å². The zero-order valence-electron chi connectivity index (χ0n) is 17.2. The number of hydrogen-bond donors (Lipinski definition) is 2. The van der Waals surface area contributed by atoms with Gasteiger partial charge in [-0.3, -0.25) is 9.59 Å². The molecule has 2 aliphatic rings. The first kappa shape index (κ1) is 21.3. The van der Waals surface area contributed by atoms with E-state index in [9.17, 15) is 18.0 Å². The van der Waals surface area contributed by atoms with Crippen LogP contribution in [0.4, 0.5) is 11.4 Å². The molecule has 2 amide bonds. The maximum atomic E-state index is 13.1. The van der Waals surface area contributed by atoms with Crippen molar-refractivity contribution in [1.29, 1.82) is 0 Å². The van der Waals surface area contributed by atoms with Crippen LogP contribution in [-0.2, 0) is 19.6 Å². The van der Waals surface area contributed by atoms with Gasteiger partial charge in [0.05, 0.1) is 12.0 Å². The molecule has 2 N–H and O–H groups in total. The summed E-state index contributed by atoms with van der Waals surface area (Å²) >= 11 is 0. The number of anilines is 2. The quantitative estimate of drug-likeness (QED) is 0.685. The molecule has 0 aromatic heterocycles. The molecule has 2 aromatic carbocycles. The van der Waals surface area contributed by atoms with Gasteiger partial charge in [0, 0.05) is 23.8 Å². The van der Waals surface area contributed by atoms with Gasteiger partial charge in [0.1, 0.15) is 11.8 Å². The molecular formula is C22H25N3O5S. The summed E-state index contributed by atoms with van der Waals surface area (Å²) in [7, 11) is -2.29. The van der Waals surface area contributed by atoms with Gasteiger partial charge in [0.25, 0.3) is 0 Å². The minimum Gasteiger partial charge on any atom is -0.497 e. The number of sulfonamides is 1. The molecule has 4 rings (SSSR count). The van der Waals surface area contributed by atoms with Gasteiger partial charge in [0.15, 0.2) is 0 Å². The fourth-order valence-corrected chi connectivity index (χ4v) is 5.28. The van der Waals surface area contributed by atoms with Crippen LogP contribution < -0.4 is 15.4 Å². The Kier molecular flexibility index (Phi) is 5.97. The Labute approximate surface area is 181 Å². The molecule has 0 unspecified atom stereocenters. The lowest BCUT2D eigenvalue weighted by Crippen LogP contribution is -2.43. The van der Waals surface area contributed by atoms with E-state index in [0.717, 1.165) is 12.8 Å². The first-order chi connectivity index (χ1) is 14.9. The van der Waals surface area contributed by atoms with E-state index in [0.29, 0.717) is 36.5 Å². The SMILES string of the molecule is COc1ccc(S(=O)(=O)N2CCC[C@H]2C(=O)Nc2ccc(NC(=O)C3CC3)cc2)cc1. The molecule has 2 fully saturated rings. The second kappa shape index (κ2) is 8.68. The van der Waals surface area contributed by atoms with Gasteiger partial charge in [-0.2, -0.15) is 4.31 Å². The summed E-state index contributed by atoms with van der Waals surface area (Å²) in [6.07, 6.45) is 2.92. The highest BCUT2D eigenvalue weighted by molar-refractivity contribution is 7.89. The Morgan fingerprint density at radius 2 is 1.48 bits per heavy atom. The molecule has 1 aliphatic carbocycles. The van der Waals surface area contributed by atoms with E-state index in [1.165, 1.54) is 23.5 Å². The van der Waals surface area contributed by atoms with Crippen LogP contribution in [0.2, 0.25) is 0 Å². The van der Waals surface area contributed by atoms with Crippen molar-refractivity contribution in [2.75, 3.05) is 24.3 Å². The Morgan fingerprint density at radius 1 is 0.903 bits per heavy atom. The summed E-state index contributed by atoms with van der Waals surface area (Å²) in [6, 6.07) is 12.2. The molecule has 1 saturated carbocycles. The van der Waals surface area contributed by atoms with Crippen LogP contribution in [0.1, 0.15) is 25.7 Å². The first-order valence-corrected chi connectivity index (χ1v) is 11.7. The molecule has 9 heteroatoms. The van der Waals surface area contributed by atoms with Crippen molar-refractivity contribution in [1.82, 2.24) is 4.31 Å². The van der Waals surface area contributed by atoms with Crippen molar-refractivity contribution in [2.24, 2.45) is 5.92 Å². The highest BCUT2D eigenvalue weighted by atomic mass is 32.2. The summed E-state index contributed by atoms with van der Waals surface area (Å²) in [5.74, 6) is 0.318. The van der Waals surface area contributed by atoms with E-state index in [1.54, 1.807) is 36.4 Å². The van der Waals surface area contributed by atoms with Crippen molar-refractivity contribution in [2.45, 2.75) is 36.6 Å². The van der Waals surface area contributed by atoms with E-state index in [-0.39, 0.29) is 22.6 Å². The van der Waals surface area contributed by atoms with Crippen LogP contribution in [0.15, 0.2) is 53.4 Å². The van der Waals surface area contributed by atoms with Crippen LogP contribution in [0, 0.1) is 5.92 Å². The van der Waals surface area contributed by atoms with Gasteiger partial charge in [-0.05, 0) is 74.2 Å². The number of carbonyl (C=O) groups excluding carboxylic acids is 2. The zero-order chi connectivity index (χ0) is 22.0. The molecule has 1 saturated heterocycles.